The molecule has 0 aromatic carbocycles. The van der Waals surface area contributed by atoms with Crippen molar-refractivity contribution in [3.63, 3.8) is 0 Å². The number of amides is 1. The molecule has 2 aromatic rings. The maximum atomic E-state index is 11.8. The molecule has 2 aromatic heterocycles. The minimum atomic E-state index is 0.00753. The normalized spacial score (nSPS) is 14.4. The van der Waals surface area contributed by atoms with Gasteiger partial charge >= 0.3 is 0 Å². The molecule has 2 heterocycles. The third-order valence-electron chi connectivity index (χ3n) is 4.16. The Kier molecular flexibility index (Phi) is 5.01. The van der Waals surface area contributed by atoms with E-state index in [1.807, 2.05) is 25.8 Å². The van der Waals surface area contributed by atoms with Gasteiger partial charge in [0.25, 0.3) is 0 Å². The van der Waals surface area contributed by atoms with Gasteiger partial charge in [0.2, 0.25) is 5.91 Å². The van der Waals surface area contributed by atoms with E-state index in [0.29, 0.717) is 24.7 Å². The fourth-order valence-electron chi connectivity index (χ4n) is 3.21. The number of thiophene rings is 1. The van der Waals surface area contributed by atoms with Crippen molar-refractivity contribution >= 4 is 33.3 Å². The monoisotopic (exact) mass is 347 g/mol. The smallest absolute Gasteiger partial charge is 0.234 e. The first-order valence-corrected chi connectivity index (χ1v) is 9.30. The zero-order chi connectivity index (χ0) is 17.3. The van der Waals surface area contributed by atoms with E-state index < -0.39 is 0 Å². The van der Waals surface area contributed by atoms with Crippen molar-refractivity contribution in [1.29, 1.82) is 0 Å². The lowest BCUT2D eigenvalue weighted by Gasteiger charge is -2.17. The molecule has 0 bridgehead atoms. The number of aromatic nitrogens is 2. The Morgan fingerprint density at radius 3 is 2.83 bits per heavy atom. The lowest BCUT2D eigenvalue weighted by molar-refractivity contribution is -0.122. The molecular formula is C17H25N5OS. The van der Waals surface area contributed by atoms with E-state index in [1.54, 1.807) is 11.3 Å². The molecule has 0 atom stereocenters. The van der Waals surface area contributed by atoms with E-state index in [1.165, 1.54) is 23.3 Å². The Balaban J connectivity index is 1.77. The van der Waals surface area contributed by atoms with E-state index in [9.17, 15) is 4.79 Å². The van der Waals surface area contributed by atoms with Crippen LogP contribution in [0.5, 0.6) is 0 Å². The Labute approximate surface area is 146 Å². The van der Waals surface area contributed by atoms with E-state index in [4.69, 9.17) is 10.7 Å². The highest BCUT2D eigenvalue weighted by atomic mass is 32.1. The predicted octanol–water partition coefficient (Wildman–Crippen LogP) is 2.11. The number of nitrogens with one attached hydrogen (secondary N) is 1. The van der Waals surface area contributed by atoms with Crippen molar-refractivity contribution in [3.8, 4) is 0 Å². The summed E-state index contributed by atoms with van der Waals surface area (Å²) in [6.45, 7) is 4.73. The molecule has 1 aliphatic carbocycles. The van der Waals surface area contributed by atoms with Gasteiger partial charge in [-0.05, 0) is 52.1 Å². The first-order chi connectivity index (χ1) is 11.4. The number of fused-ring (bicyclic) bond motifs is 3. The molecule has 24 heavy (non-hydrogen) atoms. The van der Waals surface area contributed by atoms with Crippen molar-refractivity contribution in [2.45, 2.75) is 52.1 Å². The number of carbonyl (C=O) groups excluding carboxylic acids is 1. The van der Waals surface area contributed by atoms with E-state index >= 15 is 0 Å². The summed E-state index contributed by atoms with van der Waals surface area (Å²) in [7, 11) is 1.89. The summed E-state index contributed by atoms with van der Waals surface area (Å²) in [5.74, 6) is 1.26. The van der Waals surface area contributed by atoms with Crippen LogP contribution in [0.2, 0.25) is 0 Å². The maximum Gasteiger partial charge on any atom is 0.234 e. The largest absolute Gasteiger partial charge is 0.383 e. The molecule has 1 aliphatic rings. The lowest BCUT2D eigenvalue weighted by Crippen LogP contribution is -2.38. The zero-order valence-electron chi connectivity index (χ0n) is 14.6. The van der Waals surface area contributed by atoms with Gasteiger partial charge in [-0.25, -0.2) is 9.97 Å². The SMILES string of the molecule is CC(C)NC(=O)CN(C)Cc1nc(N)c2c3c(sc2n1)CCCC3. The van der Waals surface area contributed by atoms with Gasteiger partial charge < -0.3 is 11.1 Å². The summed E-state index contributed by atoms with van der Waals surface area (Å²) >= 11 is 1.75. The molecule has 3 N–H and O–H groups in total. The van der Waals surface area contributed by atoms with Crippen LogP contribution in [0, 0.1) is 0 Å². The van der Waals surface area contributed by atoms with Gasteiger partial charge in [-0.2, -0.15) is 0 Å². The average molecular weight is 347 g/mol. The van der Waals surface area contributed by atoms with Gasteiger partial charge in [-0.3, -0.25) is 9.69 Å². The summed E-state index contributed by atoms with van der Waals surface area (Å²) in [6.07, 6.45) is 4.67. The van der Waals surface area contributed by atoms with Crippen molar-refractivity contribution < 1.29 is 4.79 Å². The van der Waals surface area contributed by atoms with E-state index in [0.717, 1.165) is 23.1 Å². The molecule has 0 unspecified atom stereocenters. The molecule has 3 rings (SSSR count). The molecule has 130 valence electrons. The van der Waals surface area contributed by atoms with Crippen LogP contribution >= 0.6 is 11.3 Å². The highest BCUT2D eigenvalue weighted by molar-refractivity contribution is 7.19. The standard InChI is InChI=1S/C17H25N5OS/c1-10(2)19-14(23)9-22(3)8-13-20-16(18)15-11-6-4-5-7-12(11)24-17(15)21-13/h10H,4-9H2,1-3H3,(H,19,23)(H2,18,20,21). The molecule has 0 fully saturated rings. The topological polar surface area (TPSA) is 84.1 Å². The summed E-state index contributed by atoms with van der Waals surface area (Å²) in [5.41, 5.74) is 7.58. The van der Waals surface area contributed by atoms with Gasteiger partial charge in [0.1, 0.15) is 16.5 Å². The molecule has 0 saturated heterocycles. The average Bonchev–Trinajstić information content (AvgIpc) is 2.84. The number of hydrogen-bond acceptors (Lipinski definition) is 6. The van der Waals surface area contributed by atoms with Crippen LogP contribution in [0.4, 0.5) is 5.82 Å². The molecule has 0 radical (unpaired) electrons. The van der Waals surface area contributed by atoms with E-state index in [-0.39, 0.29) is 11.9 Å². The van der Waals surface area contributed by atoms with Crippen molar-refractivity contribution in [3.05, 3.63) is 16.3 Å². The molecule has 0 spiro atoms. The molecule has 0 aliphatic heterocycles. The third kappa shape index (κ3) is 3.67. The van der Waals surface area contributed by atoms with Crippen molar-refractivity contribution in [2.24, 2.45) is 0 Å². The van der Waals surface area contributed by atoms with E-state index in [2.05, 4.69) is 10.3 Å². The number of nitrogens with two attached hydrogens (primary N) is 1. The third-order valence-corrected chi connectivity index (χ3v) is 5.35. The second-order valence-corrected chi connectivity index (χ2v) is 7.89. The number of rotatable bonds is 5. The first-order valence-electron chi connectivity index (χ1n) is 8.48. The Morgan fingerprint density at radius 1 is 1.33 bits per heavy atom. The summed E-state index contributed by atoms with van der Waals surface area (Å²) in [5, 5.41) is 3.94. The number of aryl methyl sites for hydroxylation is 2. The van der Waals surface area contributed by atoms with Crippen LogP contribution in [0.25, 0.3) is 10.2 Å². The van der Waals surface area contributed by atoms with Crippen LogP contribution in [-0.2, 0) is 24.2 Å². The predicted molar refractivity (Wildman–Crippen MR) is 98.1 cm³/mol. The van der Waals surface area contributed by atoms with Gasteiger partial charge in [0.15, 0.2) is 0 Å². The molecule has 7 heteroatoms. The maximum absolute atomic E-state index is 11.8. The Morgan fingerprint density at radius 2 is 2.08 bits per heavy atom. The number of anilines is 1. The van der Waals surface area contributed by atoms with Gasteiger partial charge in [0, 0.05) is 10.9 Å². The van der Waals surface area contributed by atoms with Crippen LogP contribution in [0.1, 0.15) is 43.0 Å². The molecule has 0 saturated carbocycles. The number of carbonyl (C=O) groups is 1. The second-order valence-electron chi connectivity index (χ2n) is 6.81. The molecule has 1 amide bonds. The Bertz CT molecular complexity index is 755. The number of hydrogen-bond donors (Lipinski definition) is 2. The van der Waals surface area contributed by atoms with Crippen LogP contribution in [0.3, 0.4) is 0 Å². The quantitative estimate of drug-likeness (QED) is 0.865. The van der Waals surface area contributed by atoms with Gasteiger partial charge in [0.05, 0.1) is 18.5 Å². The van der Waals surface area contributed by atoms with Crippen LogP contribution in [-0.4, -0.2) is 40.4 Å². The van der Waals surface area contributed by atoms with Gasteiger partial charge in [-0.1, -0.05) is 0 Å². The lowest BCUT2D eigenvalue weighted by atomic mass is 9.97. The summed E-state index contributed by atoms with van der Waals surface area (Å²) in [4.78, 5) is 25.4. The fraction of sp³-hybridized carbons (Fsp3) is 0.588. The highest BCUT2D eigenvalue weighted by Crippen LogP contribution is 2.37. The van der Waals surface area contributed by atoms with Crippen molar-refractivity contribution in [1.82, 2.24) is 20.2 Å². The molecular weight excluding hydrogens is 322 g/mol. The van der Waals surface area contributed by atoms with Gasteiger partial charge in [-0.15, -0.1) is 11.3 Å². The van der Waals surface area contributed by atoms with Crippen LogP contribution in [0.15, 0.2) is 0 Å². The Hall–Kier alpha value is -1.73. The van der Waals surface area contributed by atoms with Crippen molar-refractivity contribution in [2.75, 3.05) is 19.3 Å². The first kappa shape index (κ1) is 17.1. The second kappa shape index (κ2) is 7.03. The zero-order valence-corrected chi connectivity index (χ0v) is 15.4. The number of nitrogen functional groups attached to an aromatic ring is 1. The molecule has 6 nitrogen and oxygen atoms in total. The fourth-order valence-corrected chi connectivity index (χ4v) is 4.50. The summed E-state index contributed by atoms with van der Waals surface area (Å²) < 4.78 is 0. The minimum Gasteiger partial charge on any atom is -0.383 e. The minimum absolute atomic E-state index is 0.00753. The van der Waals surface area contributed by atoms with Crippen LogP contribution < -0.4 is 11.1 Å². The number of nitrogens with zero attached hydrogens (tertiary/aromatic N) is 3. The number of likely N-dealkylation sites (N-methyl/N-ethyl adjacent to an activating group) is 1. The summed E-state index contributed by atoms with van der Waals surface area (Å²) in [6, 6.07) is 0.145. The highest BCUT2D eigenvalue weighted by Gasteiger charge is 2.20.